The van der Waals surface area contributed by atoms with E-state index in [1.165, 1.54) is 11.3 Å². The number of nitrogens with two attached hydrogens (primary N) is 1. The summed E-state index contributed by atoms with van der Waals surface area (Å²) in [6, 6.07) is 7.63. The molecule has 2 heterocycles. The van der Waals surface area contributed by atoms with Crippen LogP contribution < -0.4 is 11.1 Å². The third-order valence-corrected chi connectivity index (χ3v) is 4.88. The average molecular weight is 341 g/mol. The van der Waals surface area contributed by atoms with Gasteiger partial charge in [-0.1, -0.05) is 0 Å². The molecule has 0 bridgehead atoms. The van der Waals surface area contributed by atoms with Crippen LogP contribution in [0.4, 0.5) is 5.69 Å². The zero-order valence-electron chi connectivity index (χ0n) is 13.8. The Balaban J connectivity index is 1.77. The van der Waals surface area contributed by atoms with Crippen LogP contribution in [0.3, 0.4) is 0 Å². The molecule has 0 aliphatic carbocycles. The molecular formula is C17H19N5OS. The number of amides is 1. The molecule has 3 aromatic rings. The Bertz CT molecular complexity index is 879. The van der Waals surface area contributed by atoms with Crippen LogP contribution in [-0.4, -0.2) is 20.4 Å². The van der Waals surface area contributed by atoms with Crippen LogP contribution in [0, 0.1) is 20.8 Å². The highest BCUT2D eigenvalue weighted by Gasteiger charge is 2.15. The van der Waals surface area contributed by atoms with Crippen LogP contribution in [0.25, 0.3) is 5.69 Å². The minimum absolute atomic E-state index is 0.217. The number of hydrogen-bond donors (Lipinski definition) is 2. The van der Waals surface area contributed by atoms with Crippen LogP contribution in [0.15, 0.2) is 30.6 Å². The van der Waals surface area contributed by atoms with Gasteiger partial charge in [-0.05, 0) is 45.0 Å². The lowest BCUT2D eigenvalue weighted by atomic mass is 10.2. The molecular weight excluding hydrogens is 322 g/mol. The second kappa shape index (κ2) is 6.54. The number of benzene rings is 1. The van der Waals surface area contributed by atoms with Crippen molar-refractivity contribution in [1.29, 1.82) is 0 Å². The number of aryl methyl sites for hydroxylation is 2. The van der Waals surface area contributed by atoms with Gasteiger partial charge in [-0.2, -0.15) is 0 Å². The Kier molecular flexibility index (Phi) is 4.46. The average Bonchev–Trinajstić information content (AvgIpc) is 3.12. The second-order valence-electron chi connectivity index (χ2n) is 5.50. The van der Waals surface area contributed by atoms with Crippen molar-refractivity contribution in [3.63, 3.8) is 0 Å². The van der Waals surface area contributed by atoms with Crippen LogP contribution in [0.5, 0.6) is 0 Å². The molecule has 0 radical (unpaired) electrons. The van der Waals surface area contributed by atoms with Crippen LogP contribution in [-0.2, 0) is 6.54 Å². The fourth-order valence-electron chi connectivity index (χ4n) is 2.40. The lowest BCUT2D eigenvalue weighted by molar-refractivity contribution is 0.102. The molecule has 6 nitrogen and oxygen atoms in total. The molecule has 3 N–H and O–H groups in total. The summed E-state index contributed by atoms with van der Waals surface area (Å²) in [6.45, 7) is 6.22. The van der Waals surface area contributed by atoms with E-state index in [0.29, 0.717) is 12.2 Å². The summed E-state index contributed by atoms with van der Waals surface area (Å²) >= 11 is 1.45. The molecule has 1 amide bonds. The third kappa shape index (κ3) is 3.08. The van der Waals surface area contributed by atoms with Crippen LogP contribution in [0.1, 0.15) is 31.8 Å². The summed E-state index contributed by atoms with van der Waals surface area (Å²) in [6.07, 6.45) is 1.80. The molecule has 0 aliphatic heterocycles. The lowest BCUT2D eigenvalue weighted by Gasteiger charge is -2.08. The Hall–Kier alpha value is -2.51. The topological polar surface area (TPSA) is 85.8 Å². The number of nitrogens with zero attached hydrogens (tertiary/aromatic N) is 3. The molecule has 0 fully saturated rings. The lowest BCUT2D eigenvalue weighted by Crippen LogP contribution is -2.14. The van der Waals surface area contributed by atoms with E-state index < -0.39 is 0 Å². The first-order valence-corrected chi connectivity index (χ1v) is 8.40. The molecule has 0 atom stereocenters. The van der Waals surface area contributed by atoms with Crippen molar-refractivity contribution in [1.82, 2.24) is 14.5 Å². The van der Waals surface area contributed by atoms with Gasteiger partial charge >= 0.3 is 0 Å². The summed E-state index contributed by atoms with van der Waals surface area (Å²) in [5, 5.41) is 3.64. The van der Waals surface area contributed by atoms with E-state index in [0.717, 1.165) is 32.6 Å². The number of nitrogens with one attached hydrogen (secondary N) is 1. The van der Waals surface area contributed by atoms with Crippen molar-refractivity contribution in [2.24, 2.45) is 5.73 Å². The Morgan fingerprint density at radius 2 is 1.96 bits per heavy atom. The second-order valence-corrected chi connectivity index (χ2v) is 6.79. The first-order chi connectivity index (χ1) is 11.5. The SMILES string of the molecule is Cc1ncn(-c2ccc(NC(=O)c3nc(CN)sc3C)cc2)c1C. The van der Waals surface area contributed by atoms with Gasteiger partial charge in [0.05, 0.1) is 12.0 Å². The smallest absolute Gasteiger partial charge is 0.275 e. The van der Waals surface area contributed by atoms with Gasteiger partial charge in [0, 0.05) is 28.5 Å². The standard InChI is InChI=1S/C17H19N5OS/c1-10-11(2)22(9-19-10)14-6-4-13(5-7-14)20-17(23)16-12(3)24-15(8-18)21-16/h4-7,9H,8,18H2,1-3H3,(H,20,23). The molecule has 3 rings (SSSR count). The number of imidazole rings is 1. The molecule has 0 saturated carbocycles. The number of anilines is 1. The van der Waals surface area contributed by atoms with E-state index in [1.807, 2.05) is 49.6 Å². The first kappa shape index (κ1) is 16.4. The van der Waals surface area contributed by atoms with Crippen molar-refractivity contribution in [3.05, 3.63) is 57.6 Å². The van der Waals surface area contributed by atoms with E-state index >= 15 is 0 Å². The Morgan fingerprint density at radius 3 is 2.50 bits per heavy atom. The van der Waals surface area contributed by atoms with Crippen molar-refractivity contribution in [3.8, 4) is 5.69 Å². The predicted octanol–water partition coefficient (Wildman–Crippen LogP) is 2.97. The normalized spacial score (nSPS) is 10.8. The zero-order valence-corrected chi connectivity index (χ0v) is 14.6. The highest BCUT2D eigenvalue weighted by molar-refractivity contribution is 7.11. The maximum Gasteiger partial charge on any atom is 0.275 e. The summed E-state index contributed by atoms with van der Waals surface area (Å²) in [5.41, 5.74) is 9.84. The highest BCUT2D eigenvalue weighted by atomic mass is 32.1. The molecule has 0 unspecified atom stereocenters. The zero-order chi connectivity index (χ0) is 17.3. The summed E-state index contributed by atoms with van der Waals surface area (Å²) in [7, 11) is 0. The fourth-order valence-corrected chi connectivity index (χ4v) is 3.21. The van der Waals surface area contributed by atoms with Gasteiger partial charge in [-0.25, -0.2) is 9.97 Å². The van der Waals surface area contributed by atoms with Gasteiger partial charge in [0.15, 0.2) is 0 Å². The number of carbonyl (C=O) groups excluding carboxylic acids is 1. The molecule has 24 heavy (non-hydrogen) atoms. The predicted molar refractivity (Wildman–Crippen MR) is 95.7 cm³/mol. The summed E-state index contributed by atoms with van der Waals surface area (Å²) in [4.78, 5) is 21.8. The largest absolute Gasteiger partial charge is 0.325 e. The Labute approximate surface area is 144 Å². The molecule has 7 heteroatoms. The van der Waals surface area contributed by atoms with E-state index in [-0.39, 0.29) is 5.91 Å². The number of carbonyl (C=O) groups is 1. The van der Waals surface area contributed by atoms with E-state index in [1.54, 1.807) is 6.33 Å². The number of hydrogen-bond acceptors (Lipinski definition) is 5. The van der Waals surface area contributed by atoms with Gasteiger partial charge in [-0.3, -0.25) is 4.79 Å². The fraction of sp³-hybridized carbons (Fsp3) is 0.235. The van der Waals surface area contributed by atoms with Crippen LogP contribution >= 0.6 is 11.3 Å². The van der Waals surface area contributed by atoms with Gasteiger partial charge in [0.25, 0.3) is 5.91 Å². The maximum atomic E-state index is 12.4. The number of rotatable bonds is 4. The van der Waals surface area contributed by atoms with Crippen molar-refractivity contribution in [2.45, 2.75) is 27.3 Å². The van der Waals surface area contributed by atoms with E-state index in [9.17, 15) is 4.79 Å². The first-order valence-electron chi connectivity index (χ1n) is 7.58. The van der Waals surface area contributed by atoms with Gasteiger partial charge in [-0.15, -0.1) is 11.3 Å². The summed E-state index contributed by atoms with van der Waals surface area (Å²) < 4.78 is 2.01. The Morgan fingerprint density at radius 1 is 1.25 bits per heavy atom. The molecule has 0 spiro atoms. The molecule has 1 aromatic carbocycles. The van der Waals surface area contributed by atoms with Gasteiger partial charge in [0.2, 0.25) is 0 Å². The minimum Gasteiger partial charge on any atom is -0.325 e. The molecule has 2 aromatic heterocycles. The molecule has 124 valence electrons. The van der Waals surface area contributed by atoms with Crippen molar-refractivity contribution in [2.75, 3.05) is 5.32 Å². The molecule has 0 aliphatic rings. The van der Waals surface area contributed by atoms with Gasteiger partial charge in [0.1, 0.15) is 10.7 Å². The van der Waals surface area contributed by atoms with E-state index in [4.69, 9.17) is 5.73 Å². The highest BCUT2D eigenvalue weighted by Crippen LogP contribution is 2.20. The quantitative estimate of drug-likeness (QED) is 0.764. The molecule has 0 saturated heterocycles. The third-order valence-electron chi connectivity index (χ3n) is 3.89. The maximum absolute atomic E-state index is 12.4. The summed E-state index contributed by atoms with van der Waals surface area (Å²) in [5.74, 6) is -0.217. The van der Waals surface area contributed by atoms with Crippen LogP contribution in [0.2, 0.25) is 0 Å². The number of aromatic nitrogens is 3. The van der Waals surface area contributed by atoms with E-state index in [2.05, 4.69) is 15.3 Å². The number of thiazole rings is 1. The van der Waals surface area contributed by atoms with Gasteiger partial charge < -0.3 is 15.6 Å². The monoisotopic (exact) mass is 341 g/mol. The minimum atomic E-state index is -0.217. The van der Waals surface area contributed by atoms with Crippen molar-refractivity contribution < 1.29 is 4.79 Å². The van der Waals surface area contributed by atoms with Crippen molar-refractivity contribution >= 4 is 22.9 Å².